The average molecular weight is 351 g/mol. The summed E-state index contributed by atoms with van der Waals surface area (Å²) >= 11 is 0. The van der Waals surface area contributed by atoms with Gasteiger partial charge in [0.25, 0.3) is 0 Å². The van der Waals surface area contributed by atoms with E-state index in [0.29, 0.717) is 18.3 Å². The van der Waals surface area contributed by atoms with Gasteiger partial charge in [0.1, 0.15) is 17.6 Å². The van der Waals surface area contributed by atoms with Crippen LogP contribution in [0.5, 0.6) is 11.5 Å². The fourth-order valence-electron chi connectivity index (χ4n) is 3.08. The smallest absolute Gasteiger partial charge is 0.247 e. The summed E-state index contributed by atoms with van der Waals surface area (Å²) in [5, 5.41) is 8.41. The van der Waals surface area contributed by atoms with Gasteiger partial charge in [-0.3, -0.25) is 0 Å². The molecule has 0 spiro atoms. The van der Waals surface area contributed by atoms with E-state index in [1.807, 2.05) is 56.3 Å². The number of fused-ring (bicyclic) bond motifs is 1. The fraction of sp³-hybridized carbons (Fsp3) is 0.300. The van der Waals surface area contributed by atoms with Crippen molar-refractivity contribution in [1.82, 2.24) is 10.2 Å². The van der Waals surface area contributed by atoms with E-state index in [-0.39, 0.29) is 6.10 Å². The summed E-state index contributed by atoms with van der Waals surface area (Å²) in [6, 6.07) is 13.8. The van der Waals surface area contributed by atoms with Gasteiger partial charge >= 0.3 is 0 Å². The van der Waals surface area contributed by atoms with Gasteiger partial charge in [-0.25, -0.2) is 0 Å². The monoisotopic (exact) mass is 351 g/mol. The highest BCUT2D eigenvalue weighted by atomic mass is 16.5. The van der Waals surface area contributed by atoms with Crippen LogP contribution in [0.3, 0.4) is 0 Å². The number of rotatable bonds is 4. The average Bonchev–Trinajstić information content (AvgIpc) is 3.10. The summed E-state index contributed by atoms with van der Waals surface area (Å²) in [4.78, 5) is 2.18. The lowest BCUT2D eigenvalue weighted by Crippen LogP contribution is -2.38. The molecule has 6 heteroatoms. The van der Waals surface area contributed by atoms with Crippen molar-refractivity contribution in [3.05, 3.63) is 53.9 Å². The van der Waals surface area contributed by atoms with E-state index in [2.05, 4.69) is 15.1 Å². The number of nitrogens with zero attached hydrogens (tertiary/aromatic N) is 3. The number of benzene rings is 2. The fourth-order valence-corrected chi connectivity index (χ4v) is 3.08. The van der Waals surface area contributed by atoms with E-state index >= 15 is 0 Å². The van der Waals surface area contributed by atoms with Crippen LogP contribution in [0, 0.1) is 6.92 Å². The van der Waals surface area contributed by atoms with Crippen molar-refractivity contribution in [1.29, 1.82) is 0 Å². The van der Waals surface area contributed by atoms with Gasteiger partial charge < -0.3 is 18.8 Å². The largest absolute Gasteiger partial charge is 0.497 e. The van der Waals surface area contributed by atoms with Crippen LogP contribution in [-0.4, -0.2) is 30.0 Å². The van der Waals surface area contributed by atoms with Gasteiger partial charge in [-0.15, -0.1) is 10.2 Å². The zero-order chi connectivity index (χ0) is 18.1. The number of aromatic nitrogens is 2. The van der Waals surface area contributed by atoms with Crippen molar-refractivity contribution in [3.8, 4) is 23.0 Å². The minimum atomic E-state index is 0.0791. The third kappa shape index (κ3) is 3.22. The second kappa shape index (κ2) is 6.71. The Kier molecular flexibility index (Phi) is 4.24. The molecule has 0 bridgehead atoms. The molecule has 2 heterocycles. The van der Waals surface area contributed by atoms with Gasteiger partial charge in [0.15, 0.2) is 0 Å². The number of methoxy groups -OCH3 is 1. The first-order valence-corrected chi connectivity index (χ1v) is 8.61. The van der Waals surface area contributed by atoms with Crippen LogP contribution in [0.25, 0.3) is 11.5 Å². The molecular formula is C20H21N3O3. The second-order valence-corrected chi connectivity index (χ2v) is 6.51. The van der Waals surface area contributed by atoms with Crippen molar-refractivity contribution in [2.24, 2.45) is 0 Å². The third-order valence-electron chi connectivity index (χ3n) is 4.40. The molecule has 134 valence electrons. The molecule has 1 atom stereocenters. The first-order chi connectivity index (χ1) is 12.6. The molecule has 0 unspecified atom stereocenters. The molecule has 0 fully saturated rings. The van der Waals surface area contributed by atoms with Crippen LogP contribution in [0.1, 0.15) is 18.4 Å². The maximum atomic E-state index is 5.92. The lowest BCUT2D eigenvalue weighted by molar-refractivity contribution is 0.210. The molecule has 1 aliphatic rings. The molecule has 0 radical (unpaired) electrons. The van der Waals surface area contributed by atoms with Gasteiger partial charge in [-0.1, -0.05) is 17.7 Å². The van der Waals surface area contributed by atoms with Crippen LogP contribution < -0.4 is 14.4 Å². The Hall–Kier alpha value is -3.02. The molecule has 2 aromatic carbocycles. The van der Waals surface area contributed by atoms with Crippen LogP contribution >= 0.6 is 0 Å². The Morgan fingerprint density at radius 2 is 1.96 bits per heavy atom. The molecule has 0 saturated carbocycles. The van der Waals surface area contributed by atoms with E-state index in [1.165, 1.54) is 5.56 Å². The summed E-state index contributed by atoms with van der Waals surface area (Å²) in [5.74, 6) is 2.73. The van der Waals surface area contributed by atoms with Gasteiger partial charge in [0.05, 0.1) is 25.9 Å². The second-order valence-electron chi connectivity index (χ2n) is 6.51. The molecule has 1 aliphatic heterocycles. The lowest BCUT2D eigenvalue weighted by atomic mass is 10.1. The highest BCUT2D eigenvalue weighted by molar-refractivity contribution is 5.63. The molecule has 3 aromatic rings. The predicted octanol–water partition coefficient (Wildman–Crippen LogP) is 3.84. The Balaban J connectivity index is 1.59. The lowest BCUT2D eigenvalue weighted by Gasteiger charge is -2.34. The van der Waals surface area contributed by atoms with Crippen molar-refractivity contribution in [2.75, 3.05) is 18.6 Å². The van der Waals surface area contributed by atoms with Gasteiger partial charge in [0.2, 0.25) is 11.8 Å². The molecular weight excluding hydrogens is 330 g/mol. The highest BCUT2D eigenvalue weighted by Gasteiger charge is 2.25. The molecule has 4 rings (SSSR count). The normalized spacial score (nSPS) is 16.1. The van der Waals surface area contributed by atoms with Gasteiger partial charge in [-0.2, -0.15) is 0 Å². The summed E-state index contributed by atoms with van der Waals surface area (Å²) in [6.07, 6.45) is 0.0791. The van der Waals surface area contributed by atoms with Crippen LogP contribution in [0.15, 0.2) is 46.9 Å². The number of anilines is 1. The minimum Gasteiger partial charge on any atom is -0.497 e. The van der Waals surface area contributed by atoms with E-state index in [4.69, 9.17) is 13.9 Å². The number of hydrogen-bond donors (Lipinski definition) is 0. The van der Waals surface area contributed by atoms with Crippen molar-refractivity contribution < 1.29 is 13.9 Å². The van der Waals surface area contributed by atoms with E-state index in [9.17, 15) is 0 Å². The predicted molar refractivity (Wildman–Crippen MR) is 98.6 cm³/mol. The number of aryl methyl sites for hydroxylation is 1. The number of ether oxygens (including phenoxy) is 2. The molecule has 0 aliphatic carbocycles. The van der Waals surface area contributed by atoms with Crippen molar-refractivity contribution >= 4 is 5.69 Å². The Bertz CT molecular complexity index is 905. The molecule has 0 N–H and O–H groups in total. The van der Waals surface area contributed by atoms with Crippen LogP contribution in [0.4, 0.5) is 5.69 Å². The quantitative estimate of drug-likeness (QED) is 0.712. The Morgan fingerprint density at radius 1 is 1.15 bits per heavy atom. The van der Waals surface area contributed by atoms with Crippen molar-refractivity contribution in [2.45, 2.75) is 26.5 Å². The molecule has 6 nitrogen and oxygen atoms in total. The first kappa shape index (κ1) is 16.4. The van der Waals surface area contributed by atoms with Crippen LogP contribution in [0.2, 0.25) is 0 Å². The van der Waals surface area contributed by atoms with Gasteiger partial charge in [-0.05, 0) is 38.1 Å². The maximum absolute atomic E-state index is 5.92. The third-order valence-corrected chi connectivity index (χ3v) is 4.40. The molecule has 1 aromatic heterocycles. The molecule has 0 amide bonds. The minimum absolute atomic E-state index is 0.0791. The zero-order valence-electron chi connectivity index (χ0n) is 15.1. The Morgan fingerprint density at radius 3 is 2.73 bits per heavy atom. The van der Waals surface area contributed by atoms with Crippen molar-refractivity contribution in [3.63, 3.8) is 0 Å². The van der Waals surface area contributed by atoms with Crippen LogP contribution in [-0.2, 0) is 6.54 Å². The standard InChI is InChI=1S/C20H21N3O3/c1-13-4-6-15(7-5-13)20-22-21-19(26-20)12-23-11-14(2)25-18-9-8-16(24-3)10-17(18)23/h4-10,14H,11-12H2,1-3H3/t14-/m1/s1. The van der Waals surface area contributed by atoms with E-state index in [1.54, 1.807) is 7.11 Å². The molecule has 26 heavy (non-hydrogen) atoms. The maximum Gasteiger partial charge on any atom is 0.247 e. The summed E-state index contributed by atoms with van der Waals surface area (Å²) < 4.78 is 17.1. The summed E-state index contributed by atoms with van der Waals surface area (Å²) in [6.45, 7) is 5.36. The highest BCUT2D eigenvalue weighted by Crippen LogP contribution is 2.37. The van der Waals surface area contributed by atoms with E-state index in [0.717, 1.165) is 29.3 Å². The van der Waals surface area contributed by atoms with Gasteiger partial charge in [0, 0.05) is 11.6 Å². The summed E-state index contributed by atoms with van der Waals surface area (Å²) in [7, 11) is 1.66. The summed E-state index contributed by atoms with van der Waals surface area (Å²) in [5.41, 5.74) is 3.09. The Labute approximate surface area is 152 Å². The van der Waals surface area contributed by atoms with E-state index < -0.39 is 0 Å². The first-order valence-electron chi connectivity index (χ1n) is 8.61. The molecule has 0 saturated heterocycles. The topological polar surface area (TPSA) is 60.6 Å². The SMILES string of the molecule is COc1ccc2c(c1)N(Cc1nnc(-c3ccc(C)cc3)o1)C[C@@H](C)O2. The zero-order valence-corrected chi connectivity index (χ0v) is 15.1. The number of hydrogen-bond acceptors (Lipinski definition) is 6.